The number of likely N-dealkylation sites (N-methyl/N-ethyl adjacent to an activating group) is 1. The molecule has 0 heterocycles. The highest BCUT2D eigenvalue weighted by molar-refractivity contribution is 6.42. The zero-order valence-corrected chi connectivity index (χ0v) is 21.6. The van der Waals surface area contributed by atoms with Gasteiger partial charge >= 0.3 is 6.09 Å². The molecule has 0 unspecified atom stereocenters. The van der Waals surface area contributed by atoms with E-state index in [2.05, 4.69) is 12.2 Å². The minimum Gasteiger partial charge on any atom is -0.444 e. The molecule has 0 bridgehead atoms. The van der Waals surface area contributed by atoms with Crippen molar-refractivity contribution in [1.82, 2.24) is 10.2 Å². The predicted octanol–water partition coefficient (Wildman–Crippen LogP) is 6.74. The summed E-state index contributed by atoms with van der Waals surface area (Å²) in [5, 5.41) is 4.03. The first kappa shape index (κ1) is 27.0. The van der Waals surface area contributed by atoms with Gasteiger partial charge in [0.15, 0.2) is 0 Å². The second-order valence-electron chi connectivity index (χ2n) is 9.12. The molecule has 180 valence electrons. The molecule has 0 aromatic heterocycles. The predicted molar refractivity (Wildman–Crippen MR) is 136 cm³/mol. The van der Waals surface area contributed by atoms with Crippen LogP contribution in [0.25, 0.3) is 11.1 Å². The second-order valence-corrected chi connectivity index (χ2v) is 9.93. The van der Waals surface area contributed by atoms with Crippen LogP contribution in [0.15, 0.2) is 42.5 Å². The number of nitrogens with zero attached hydrogens (tertiary/aromatic N) is 1. The highest BCUT2D eigenvalue weighted by Gasteiger charge is 2.29. The molecule has 0 saturated heterocycles. The number of amides is 2. The molecule has 0 aliphatic carbocycles. The van der Waals surface area contributed by atoms with Crippen molar-refractivity contribution in [2.24, 2.45) is 0 Å². The summed E-state index contributed by atoms with van der Waals surface area (Å²) in [5.74, 6) is -0.163. The van der Waals surface area contributed by atoms with Crippen molar-refractivity contribution in [3.05, 3.63) is 58.1 Å². The van der Waals surface area contributed by atoms with Crippen LogP contribution in [0.3, 0.4) is 0 Å². The van der Waals surface area contributed by atoms with Crippen LogP contribution < -0.4 is 5.32 Å². The van der Waals surface area contributed by atoms with Gasteiger partial charge in [-0.25, -0.2) is 4.79 Å². The molecule has 2 amide bonds. The summed E-state index contributed by atoms with van der Waals surface area (Å²) in [6.45, 7) is 7.98. The van der Waals surface area contributed by atoms with Crippen molar-refractivity contribution < 1.29 is 14.3 Å². The van der Waals surface area contributed by atoms with Gasteiger partial charge in [-0.2, -0.15) is 0 Å². The molecular weight excluding hydrogens is 459 g/mol. The third-order valence-corrected chi connectivity index (χ3v) is 5.94. The van der Waals surface area contributed by atoms with Gasteiger partial charge in [0.05, 0.1) is 10.0 Å². The third-order valence-electron chi connectivity index (χ3n) is 5.20. The van der Waals surface area contributed by atoms with E-state index in [1.807, 2.05) is 57.2 Å². The molecule has 0 saturated carbocycles. The van der Waals surface area contributed by atoms with Crippen molar-refractivity contribution in [3.63, 3.8) is 0 Å². The summed E-state index contributed by atoms with van der Waals surface area (Å²) < 4.78 is 5.44. The molecule has 2 rings (SSSR count). The molecule has 2 aromatic rings. The summed E-state index contributed by atoms with van der Waals surface area (Å²) in [5.41, 5.74) is 2.53. The van der Waals surface area contributed by atoms with Crippen LogP contribution in [0.2, 0.25) is 10.0 Å². The molecule has 2 aromatic carbocycles. The molecule has 1 N–H and O–H groups in total. The lowest BCUT2D eigenvalue weighted by Crippen LogP contribution is -2.49. The lowest BCUT2D eigenvalue weighted by atomic mass is 10.0. The van der Waals surface area contributed by atoms with Gasteiger partial charge < -0.3 is 10.1 Å². The lowest BCUT2D eigenvalue weighted by molar-refractivity contribution is -0.126. The molecule has 33 heavy (non-hydrogen) atoms. The molecule has 7 heteroatoms. The number of halogens is 2. The summed E-state index contributed by atoms with van der Waals surface area (Å²) in [7, 11) is 1.62. The average Bonchev–Trinajstić information content (AvgIpc) is 2.75. The van der Waals surface area contributed by atoms with E-state index in [1.165, 1.54) is 4.90 Å². The zero-order chi connectivity index (χ0) is 24.6. The Balaban J connectivity index is 1.95. The van der Waals surface area contributed by atoms with Gasteiger partial charge in [-0.1, -0.05) is 73.3 Å². The van der Waals surface area contributed by atoms with Gasteiger partial charge in [0.1, 0.15) is 11.6 Å². The van der Waals surface area contributed by atoms with Gasteiger partial charge in [-0.05, 0) is 62.4 Å². The van der Waals surface area contributed by atoms with Crippen LogP contribution in [0.5, 0.6) is 0 Å². The van der Waals surface area contributed by atoms with Crippen LogP contribution in [0.1, 0.15) is 52.5 Å². The number of ether oxygens (including phenoxy) is 1. The average molecular weight is 493 g/mol. The van der Waals surface area contributed by atoms with Crippen LogP contribution >= 0.6 is 23.2 Å². The highest BCUT2D eigenvalue weighted by atomic mass is 35.5. The van der Waals surface area contributed by atoms with E-state index in [4.69, 9.17) is 27.9 Å². The Hall–Kier alpha value is -2.24. The summed E-state index contributed by atoms with van der Waals surface area (Å²) in [6.07, 6.45) is 2.58. The Bertz CT molecular complexity index is 940. The number of benzene rings is 2. The Morgan fingerprint density at radius 1 is 1.03 bits per heavy atom. The van der Waals surface area contributed by atoms with E-state index in [1.54, 1.807) is 13.1 Å². The lowest BCUT2D eigenvalue weighted by Gasteiger charge is -2.30. The van der Waals surface area contributed by atoms with Gasteiger partial charge in [0.25, 0.3) is 0 Å². The molecule has 0 spiro atoms. The Kier molecular flexibility index (Phi) is 10.1. The van der Waals surface area contributed by atoms with E-state index >= 15 is 0 Å². The Morgan fingerprint density at radius 3 is 2.24 bits per heavy atom. The van der Waals surface area contributed by atoms with Gasteiger partial charge in [-0.3, -0.25) is 9.69 Å². The normalized spacial score (nSPS) is 12.2. The van der Waals surface area contributed by atoms with E-state index in [0.717, 1.165) is 29.5 Å². The highest BCUT2D eigenvalue weighted by Crippen LogP contribution is 2.28. The molecule has 0 aliphatic heterocycles. The zero-order valence-electron chi connectivity index (χ0n) is 20.1. The number of unbranched alkanes of at least 4 members (excludes halogenated alkanes) is 1. The van der Waals surface area contributed by atoms with Gasteiger partial charge in [0.2, 0.25) is 5.91 Å². The topological polar surface area (TPSA) is 58.6 Å². The first-order chi connectivity index (χ1) is 15.5. The first-order valence-corrected chi connectivity index (χ1v) is 12.0. The standard InChI is InChI=1S/C26H34Cl2N2O3/c1-6-7-8-23(30(5)25(32)33-26(2,3)4)24(31)29-16-15-18-9-11-19(12-10-18)20-13-14-21(27)22(28)17-20/h9-14,17,23H,6-8,15-16H2,1-5H3,(H,29,31)/t23-/m0/s1. The number of hydrogen-bond acceptors (Lipinski definition) is 3. The number of carbonyl (C=O) groups is 2. The van der Waals surface area contributed by atoms with E-state index in [9.17, 15) is 9.59 Å². The molecule has 0 radical (unpaired) electrons. The van der Waals surface area contributed by atoms with Gasteiger partial charge in [-0.15, -0.1) is 0 Å². The maximum Gasteiger partial charge on any atom is 0.410 e. The SMILES string of the molecule is CCCC[C@@H](C(=O)NCCc1ccc(-c2ccc(Cl)c(Cl)c2)cc1)N(C)C(=O)OC(C)(C)C. The van der Waals surface area contributed by atoms with Gasteiger partial charge in [0, 0.05) is 13.6 Å². The van der Waals surface area contributed by atoms with E-state index in [0.29, 0.717) is 29.4 Å². The molecule has 1 atom stereocenters. The first-order valence-electron chi connectivity index (χ1n) is 11.3. The molecule has 5 nitrogen and oxygen atoms in total. The minimum absolute atomic E-state index is 0.163. The van der Waals surface area contributed by atoms with Crippen LogP contribution in [-0.2, 0) is 16.0 Å². The Morgan fingerprint density at radius 2 is 1.67 bits per heavy atom. The van der Waals surface area contributed by atoms with E-state index < -0.39 is 17.7 Å². The van der Waals surface area contributed by atoms with E-state index in [-0.39, 0.29) is 5.91 Å². The summed E-state index contributed by atoms with van der Waals surface area (Å²) in [4.78, 5) is 26.7. The van der Waals surface area contributed by atoms with Crippen molar-refractivity contribution in [2.45, 2.75) is 65.0 Å². The fourth-order valence-electron chi connectivity index (χ4n) is 3.35. The van der Waals surface area contributed by atoms with Crippen molar-refractivity contribution >= 4 is 35.2 Å². The molecule has 0 fully saturated rings. The Labute approximate surface area is 207 Å². The largest absolute Gasteiger partial charge is 0.444 e. The smallest absolute Gasteiger partial charge is 0.410 e. The van der Waals surface area contributed by atoms with Crippen LogP contribution in [0, 0.1) is 0 Å². The maximum atomic E-state index is 12.9. The number of carbonyl (C=O) groups excluding carboxylic acids is 2. The van der Waals surface area contributed by atoms with Crippen molar-refractivity contribution in [3.8, 4) is 11.1 Å². The fourth-order valence-corrected chi connectivity index (χ4v) is 3.64. The molecule has 0 aliphatic rings. The third kappa shape index (κ3) is 8.56. The van der Waals surface area contributed by atoms with Crippen molar-refractivity contribution in [2.75, 3.05) is 13.6 Å². The number of hydrogen-bond donors (Lipinski definition) is 1. The summed E-state index contributed by atoms with van der Waals surface area (Å²) in [6, 6.07) is 13.1. The number of rotatable bonds is 9. The van der Waals surface area contributed by atoms with Crippen LogP contribution in [-0.4, -0.2) is 42.1 Å². The fraction of sp³-hybridized carbons (Fsp3) is 0.462. The molecular formula is C26H34Cl2N2O3. The monoisotopic (exact) mass is 492 g/mol. The van der Waals surface area contributed by atoms with Crippen LogP contribution in [0.4, 0.5) is 4.79 Å². The van der Waals surface area contributed by atoms with Crippen molar-refractivity contribution in [1.29, 1.82) is 0 Å². The maximum absolute atomic E-state index is 12.9. The number of nitrogens with one attached hydrogen (secondary N) is 1. The summed E-state index contributed by atoms with van der Waals surface area (Å²) >= 11 is 12.1. The second kappa shape index (κ2) is 12.3. The quantitative estimate of drug-likeness (QED) is 0.421. The minimum atomic E-state index is -0.610.